The number of fused-ring (bicyclic) bond motifs is 1. The second-order valence-electron chi connectivity index (χ2n) is 7.66. The van der Waals surface area contributed by atoms with E-state index in [2.05, 4.69) is 42.0 Å². The molecular weight excluding hydrogens is 302 g/mol. The standard InChI is InChI=1S/C19H27N3O2/c1-19(2,3)14-10-15-13(4-7-22-8-5-20-6-9-22)12-21-17(15)16(11-14)18(23)24/h10-12,20-21H,4-9H2,1-3H3,(H,23,24). The molecule has 1 fully saturated rings. The van der Waals surface area contributed by atoms with E-state index in [9.17, 15) is 9.90 Å². The van der Waals surface area contributed by atoms with Crippen molar-refractivity contribution in [3.8, 4) is 0 Å². The molecule has 0 atom stereocenters. The molecular formula is C19H27N3O2. The van der Waals surface area contributed by atoms with Crippen molar-refractivity contribution >= 4 is 16.9 Å². The number of hydrogen-bond donors (Lipinski definition) is 3. The summed E-state index contributed by atoms with van der Waals surface area (Å²) in [6.45, 7) is 11.6. The normalized spacial score (nSPS) is 16.6. The molecule has 24 heavy (non-hydrogen) atoms. The number of aromatic amines is 1. The minimum atomic E-state index is -0.874. The molecule has 3 rings (SSSR count). The minimum Gasteiger partial charge on any atom is -0.478 e. The zero-order valence-corrected chi connectivity index (χ0v) is 14.8. The molecule has 5 nitrogen and oxygen atoms in total. The van der Waals surface area contributed by atoms with Crippen molar-refractivity contribution < 1.29 is 9.90 Å². The van der Waals surface area contributed by atoms with Gasteiger partial charge in [0.25, 0.3) is 0 Å². The van der Waals surface area contributed by atoms with Crippen LogP contribution in [0.15, 0.2) is 18.3 Å². The van der Waals surface area contributed by atoms with Gasteiger partial charge in [0, 0.05) is 44.3 Å². The summed E-state index contributed by atoms with van der Waals surface area (Å²) >= 11 is 0. The van der Waals surface area contributed by atoms with Crippen LogP contribution in [0.4, 0.5) is 0 Å². The van der Waals surface area contributed by atoms with Crippen LogP contribution in [0, 0.1) is 0 Å². The number of aromatic carboxylic acids is 1. The molecule has 1 aliphatic heterocycles. The van der Waals surface area contributed by atoms with Crippen LogP contribution in [0.3, 0.4) is 0 Å². The molecule has 0 aliphatic carbocycles. The number of nitrogens with zero attached hydrogens (tertiary/aromatic N) is 1. The van der Waals surface area contributed by atoms with E-state index in [4.69, 9.17) is 0 Å². The lowest BCUT2D eigenvalue weighted by molar-refractivity contribution is 0.0698. The zero-order valence-electron chi connectivity index (χ0n) is 14.8. The van der Waals surface area contributed by atoms with Gasteiger partial charge in [0.15, 0.2) is 0 Å². The van der Waals surface area contributed by atoms with Gasteiger partial charge in [-0.25, -0.2) is 4.79 Å². The average molecular weight is 329 g/mol. The molecule has 5 heteroatoms. The minimum absolute atomic E-state index is 0.0779. The number of carbonyl (C=O) groups is 1. The van der Waals surface area contributed by atoms with Gasteiger partial charge >= 0.3 is 5.97 Å². The van der Waals surface area contributed by atoms with Gasteiger partial charge in [-0.05, 0) is 35.1 Å². The number of carboxylic acids is 1. The highest BCUT2D eigenvalue weighted by Crippen LogP contribution is 2.30. The van der Waals surface area contributed by atoms with E-state index < -0.39 is 5.97 Å². The summed E-state index contributed by atoms with van der Waals surface area (Å²) in [5.74, 6) is -0.874. The van der Waals surface area contributed by atoms with Gasteiger partial charge in [-0.1, -0.05) is 20.8 Å². The number of aromatic nitrogens is 1. The Bertz CT molecular complexity index is 737. The van der Waals surface area contributed by atoms with Gasteiger partial charge in [0.05, 0.1) is 11.1 Å². The van der Waals surface area contributed by atoms with E-state index >= 15 is 0 Å². The summed E-state index contributed by atoms with van der Waals surface area (Å²) in [7, 11) is 0. The van der Waals surface area contributed by atoms with Gasteiger partial charge in [-0.2, -0.15) is 0 Å². The lowest BCUT2D eigenvalue weighted by Gasteiger charge is -2.27. The Morgan fingerprint density at radius 1 is 1.25 bits per heavy atom. The van der Waals surface area contributed by atoms with E-state index in [1.165, 1.54) is 5.56 Å². The number of benzene rings is 1. The monoisotopic (exact) mass is 329 g/mol. The molecule has 2 heterocycles. The van der Waals surface area contributed by atoms with Gasteiger partial charge in [-0.15, -0.1) is 0 Å². The summed E-state index contributed by atoms with van der Waals surface area (Å²) in [4.78, 5) is 17.3. The Morgan fingerprint density at radius 3 is 2.58 bits per heavy atom. The van der Waals surface area contributed by atoms with Crippen molar-refractivity contribution in [1.29, 1.82) is 0 Å². The molecule has 0 radical (unpaired) electrons. The fourth-order valence-electron chi connectivity index (χ4n) is 3.31. The van der Waals surface area contributed by atoms with Gasteiger partial charge in [-0.3, -0.25) is 0 Å². The fourth-order valence-corrected chi connectivity index (χ4v) is 3.31. The van der Waals surface area contributed by atoms with Crippen molar-refractivity contribution in [3.63, 3.8) is 0 Å². The molecule has 1 aromatic heterocycles. The highest BCUT2D eigenvalue weighted by molar-refractivity contribution is 6.03. The summed E-state index contributed by atoms with van der Waals surface area (Å²) in [5.41, 5.74) is 3.30. The molecule has 2 aromatic rings. The maximum atomic E-state index is 11.7. The Kier molecular flexibility index (Phi) is 4.65. The van der Waals surface area contributed by atoms with Crippen molar-refractivity contribution in [2.24, 2.45) is 0 Å². The maximum Gasteiger partial charge on any atom is 0.337 e. The smallest absolute Gasteiger partial charge is 0.337 e. The van der Waals surface area contributed by atoms with Crippen LogP contribution in [-0.2, 0) is 11.8 Å². The quantitative estimate of drug-likeness (QED) is 0.806. The molecule has 0 amide bonds. The van der Waals surface area contributed by atoms with E-state index in [1.807, 2.05) is 6.20 Å². The van der Waals surface area contributed by atoms with E-state index in [1.54, 1.807) is 6.07 Å². The predicted octanol–water partition coefficient (Wildman–Crippen LogP) is 2.61. The third-order valence-electron chi connectivity index (χ3n) is 4.88. The number of nitrogens with one attached hydrogen (secondary N) is 2. The lowest BCUT2D eigenvalue weighted by Crippen LogP contribution is -2.44. The number of hydrogen-bond acceptors (Lipinski definition) is 3. The molecule has 0 spiro atoms. The van der Waals surface area contributed by atoms with E-state index in [0.717, 1.165) is 55.6 Å². The highest BCUT2D eigenvalue weighted by Gasteiger charge is 2.21. The van der Waals surface area contributed by atoms with Gasteiger partial charge in [0.1, 0.15) is 0 Å². The highest BCUT2D eigenvalue weighted by atomic mass is 16.4. The van der Waals surface area contributed by atoms with Crippen molar-refractivity contribution in [3.05, 3.63) is 35.0 Å². The Balaban J connectivity index is 1.93. The number of rotatable bonds is 4. The van der Waals surface area contributed by atoms with E-state index in [-0.39, 0.29) is 5.41 Å². The molecule has 1 aliphatic rings. The molecule has 1 saturated heterocycles. The van der Waals surface area contributed by atoms with Gasteiger partial charge in [0.2, 0.25) is 0 Å². The van der Waals surface area contributed by atoms with Crippen LogP contribution >= 0.6 is 0 Å². The van der Waals surface area contributed by atoms with Gasteiger partial charge < -0.3 is 20.3 Å². The number of piperazine rings is 1. The molecule has 3 N–H and O–H groups in total. The van der Waals surface area contributed by atoms with Crippen LogP contribution in [0.5, 0.6) is 0 Å². The Labute approximate surface area is 143 Å². The summed E-state index contributed by atoms with van der Waals surface area (Å²) in [5, 5.41) is 14.0. The molecule has 0 unspecified atom stereocenters. The Morgan fingerprint density at radius 2 is 1.96 bits per heavy atom. The second-order valence-corrected chi connectivity index (χ2v) is 7.66. The summed E-state index contributed by atoms with van der Waals surface area (Å²) in [6, 6.07) is 3.96. The first-order valence-corrected chi connectivity index (χ1v) is 8.67. The van der Waals surface area contributed by atoms with Crippen LogP contribution in [0.1, 0.15) is 42.3 Å². The molecule has 0 bridgehead atoms. The SMILES string of the molecule is CC(C)(C)c1cc(C(=O)O)c2[nH]cc(CCN3CCNCC3)c2c1. The maximum absolute atomic E-state index is 11.7. The van der Waals surface area contributed by atoms with Crippen LogP contribution < -0.4 is 5.32 Å². The zero-order chi connectivity index (χ0) is 17.3. The molecule has 0 saturated carbocycles. The van der Waals surface area contributed by atoms with Crippen molar-refractivity contribution in [1.82, 2.24) is 15.2 Å². The molecule has 130 valence electrons. The van der Waals surface area contributed by atoms with E-state index in [0.29, 0.717) is 5.56 Å². The number of H-pyrrole nitrogens is 1. The Hall–Kier alpha value is -1.85. The average Bonchev–Trinajstić information content (AvgIpc) is 2.95. The largest absolute Gasteiger partial charge is 0.478 e. The third-order valence-corrected chi connectivity index (χ3v) is 4.88. The van der Waals surface area contributed by atoms with Crippen LogP contribution in [0.25, 0.3) is 10.9 Å². The van der Waals surface area contributed by atoms with Crippen molar-refractivity contribution in [2.45, 2.75) is 32.6 Å². The first-order valence-electron chi connectivity index (χ1n) is 8.67. The van der Waals surface area contributed by atoms with Crippen molar-refractivity contribution in [2.75, 3.05) is 32.7 Å². The predicted molar refractivity (Wildman–Crippen MR) is 97.0 cm³/mol. The third kappa shape index (κ3) is 3.47. The first-order chi connectivity index (χ1) is 11.4. The fraction of sp³-hybridized carbons (Fsp3) is 0.526. The first kappa shape index (κ1) is 17.0. The molecule has 1 aromatic carbocycles. The second kappa shape index (κ2) is 6.57. The van der Waals surface area contributed by atoms with Crippen LogP contribution in [0.2, 0.25) is 0 Å². The topological polar surface area (TPSA) is 68.4 Å². The summed E-state index contributed by atoms with van der Waals surface area (Å²) < 4.78 is 0. The summed E-state index contributed by atoms with van der Waals surface area (Å²) in [6.07, 6.45) is 2.92. The lowest BCUT2D eigenvalue weighted by atomic mass is 9.85. The van der Waals surface area contributed by atoms with Crippen LogP contribution in [-0.4, -0.2) is 53.7 Å². The number of carboxylic acid groups (broad SMARTS) is 1.